The molecular formula is C8H9ClF2IN. The van der Waals surface area contributed by atoms with Gasteiger partial charge in [0, 0.05) is 9.13 Å². The first-order valence-electron chi connectivity index (χ1n) is 3.41. The molecule has 0 aliphatic carbocycles. The number of hydrogen-bond donors (Lipinski definition) is 1. The first-order chi connectivity index (χ1) is 5.65. The second-order valence-corrected chi connectivity index (χ2v) is 3.67. The Morgan fingerprint density at radius 2 is 2.08 bits per heavy atom. The van der Waals surface area contributed by atoms with Crippen LogP contribution in [0.1, 0.15) is 11.6 Å². The number of hydrogen-bond acceptors (Lipinski definition) is 1. The fourth-order valence-electron chi connectivity index (χ4n) is 0.882. The molecule has 0 bridgehead atoms. The summed E-state index contributed by atoms with van der Waals surface area (Å²) in [6.07, 6.45) is 0. The van der Waals surface area contributed by atoms with Gasteiger partial charge in [-0.25, -0.2) is 8.78 Å². The average Bonchev–Trinajstić information content (AvgIpc) is 2.08. The molecule has 13 heavy (non-hydrogen) atoms. The maximum atomic E-state index is 13.0. The zero-order chi connectivity index (χ0) is 9.14. The SMILES string of the molecule is Cl.N[C@@H](CF)c1cc(I)ccc1F. The van der Waals surface area contributed by atoms with Gasteiger partial charge in [0.25, 0.3) is 0 Å². The molecule has 0 aromatic heterocycles. The summed E-state index contributed by atoms with van der Waals surface area (Å²) < 4.78 is 25.9. The minimum absolute atomic E-state index is 0. The smallest absolute Gasteiger partial charge is 0.128 e. The van der Waals surface area contributed by atoms with Crippen molar-refractivity contribution in [3.63, 3.8) is 0 Å². The fraction of sp³-hybridized carbons (Fsp3) is 0.250. The van der Waals surface area contributed by atoms with E-state index in [-0.39, 0.29) is 18.0 Å². The molecule has 0 amide bonds. The molecule has 5 heteroatoms. The summed E-state index contributed by atoms with van der Waals surface area (Å²) in [5.41, 5.74) is 5.59. The molecule has 0 saturated carbocycles. The predicted molar refractivity (Wildman–Crippen MR) is 59.3 cm³/mol. The fourth-order valence-corrected chi connectivity index (χ4v) is 1.40. The largest absolute Gasteiger partial charge is 0.322 e. The Morgan fingerprint density at radius 3 is 2.62 bits per heavy atom. The molecule has 2 N–H and O–H groups in total. The first-order valence-corrected chi connectivity index (χ1v) is 4.49. The van der Waals surface area contributed by atoms with Gasteiger partial charge in [0.1, 0.15) is 12.5 Å². The van der Waals surface area contributed by atoms with Crippen molar-refractivity contribution >= 4 is 35.0 Å². The van der Waals surface area contributed by atoms with Crippen LogP contribution in [0, 0.1) is 9.39 Å². The van der Waals surface area contributed by atoms with Crippen molar-refractivity contribution in [2.24, 2.45) is 5.73 Å². The predicted octanol–water partition coefficient (Wildman–Crippen LogP) is 2.82. The van der Waals surface area contributed by atoms with Crippen molar-refractivity contribution in [2.75, 3.05) is 6.67 Å². The maximum absolute atomic E-state index is 13.0. The van der Waals surface area contributed by atoms with Crippen molar-refractivity contribution in [3.8, 4) is 0 Å². The maximum Gasteiger partial charge on any atom is 0.128 e. The van der Waals surface area contributed by atoms with Crippen LogP contribution >= 0.6 is 35.0 Å². The molecule has 0 heterocycles. The van der Waals surface area contributed by atoms with Gasteiger partial charge >= 0.3 is 0 Å². The van der Waals surface area contributed by atoms with Gasteiger partial charge in [0.2, 0.25) is 0 Å². The van der Waals surface area contributed by atoms with E-state index in [0.29, 0.717) is 0 Å². The van der Waals surface area contributed by atoms with Crippen LogP contribution in [0.3, 0.4) is 0 Å². The summed E-state index contributed by atoms with van der Waals surface area (Å²) in [6.45, 7) is -0.739. The van der Waals surface area contributed by atoms with Gasteiger partial charge in [0.15, 0.2) is 0 Å². The summed E-state index contributed by atoms with van der Waals surface area (Å²) in [4.78, 5) is 0. The molecular weight excluding hydrogens is 310 g/mol. The van der Waals surface area contributed by atoms with E-state index in [4.69, 9.17) is 5.73 Å². The van der Waals surface area contributed by atoms with Crippen LogP contribution < -0.4 is 5.73 Å². The third-order valence-corrected chi connectivity index (χ3v) is 2.19. The van der Waals surface area contributed by atoms with Crippen LogP contribution in [0.15, 0.2) is 18.2 Å². The van der Waals surface area contributed by atoms with Gasteiger partial charge < -0.3 is 5.73 Å². The Bertz CT molecular complexity index is 283. The average molecular weight is 320 g/mol. The standard InChI is InChI=1S/C8H8F2IN.ClH/c9-4-8(12)6-3-5(11)1-2-7(6)10;/h1-3,8H,4,12H2;1H/t8-;/m0./s1. The van der Waals surface area contributed by atoms with Gasteiger partial charge in [-0.05, 0) is 40.8 Å². The van der Waals surface area contributed by atoms with Crippen LogP contribution in [-0.2, 0) is 0 Å². The van der Waals surface area contributed by atoms with Crippen molar-refractivity contribution < 1.29 is 8.78 Å². The van der Waals surface area contributed by atoms with E-state index < -0.39 is 18.5 Å². The van der Waals surface area contributed by atoms with Crippen molar-refractivity contribution in [1.82, 2.24) is 0 Å². The van der Waals surface area contributed by atoms with Crippen LogP contribution in [0.5, 0.6) is 0 Å². The zero-order valence-corrected chi connectivity index (χ0v) is 9.61. The Morgan fingerprint density at radius 1 is 1.46 bits per heavy atom. The molecule has 1 nitrogen and oxygen atoms in total. The van der Waals surface area contributed by atoms with E-state index in [1.807, 2.05) is 22.6 Å². The monoisotopic (exact) mass is 319 g/mol. The Hall–Kier alpha value is 0.0600. The second-order valence-electron chi connectivity index (χ2n) is 2.43. The Labute approximate surface area is 95.2 Å². The molecule has 1 atom stereocenters. The van der Waals surface area contributed by atoms with E-state index in [2.05, 4.69) is 0 Å². The topological polar surface area (TPSA) is 26.0 Å². The molecule has 1 aromatic carbocycles. The lowest BCUT2D eigenvalue weighted by atomic mass is 10.1. The lowest BCUT2D eigenvalue weighted by Gasteiger charge is -2.08. The molecule has 1 aromatic rings. The van der Waals surface area contributed by atoms with Crippen LogP contribution in [0.4, 0.5) is 8.78 Å². The van der Waals surface area contributed by atoms with Gasteiger partial charge in [0.05, 0.1) is 6.04 Å². The third kappa shape index (κ3) is 3.36. The van der Waals surface area contributed by atoms with Crippen LogP contribution in [0.25, 0.3) is 0 Å². The lowest BCUT2D eigenvalue weighted by Crippen LogP contribution is -2.14. The molecule has 0 fully saturated rings. The van der Waals surface area contributed by atoms with Gasteiger partial charge in [-0.3, -0.25) is 0 Å². The van der Waals surface area contributed by atoms with Crippen molar-refractivity contribution in [3.05, 3.63) is 33.1 Å². The molecule has 0 aliphatic rings. The summed E-state index contributed by atoms with van der Waals surface area (Å²) in [5, 5.41) is 0. The molecule has 0 radical (unpaired) electrons. The zero-order valence-electron chi connectivity index (χ0n) is 6.64. The van der Waals surface area contributed by atoms with E-state index in [1.165, 1.54) is 6.07 Å². The highest BCUT2D eigenvalue weighted by Gasteiger charge is 2.10. The summed E-state index contributed by atoms with van der Waals surface area (Å²) >= 11 is 2.03. The van der Waals surface area contributed by atoms with Crippen LogP contribution in [-0.4, -0.2) is 6.67 Å². The van der Waals surface area contributed by atoms with Gasteiger partial charge in [-0.15, -0.1) is 12.4 Å². The van der Waals surface area contributed by atoms with E-state index in [0.717, 1.165) is 3.57 Å². The van der Waals surface area contributed by atoms with E-state index >= 15 is 0 Å². The lowest BCUT2D eigenvalue weighted by molar-refractivity contribution is 0.426. The minimum Gasteiger partial charge on any atom is -0.322 e. The minimum atomic E-state index is -0.847. The number of halogens is 4. The summed E-state index contributed by atoms with van der Waals surface area (Å²) in [7, 11) is 0. The van der Waals surface area contributed by atoms with Gasteiger partial charge in [-0.1, -0.05) is 0 Å². The molecule has 0 spiro atoms. The molecule has 1 rings (SSSR count). The van der Waals surface area contributed by atoms with Crippen molar-refractivity contribution in [2.45, 2.75) is 6.04 Å². The van der Waals surface area contributed by atoms with E-state index in [1.54, 1.807) is 12.1 Å². The van der Waals surface area contributed by atoms with E-state index in [9.17, 15) is 8.78 Å². The molecule has 0 aliphatic heterocycles. The number of alkyl halides is 1. The first kappa shape index (κ1) is 13.1. The van der Waals surface area contributed by atoms with Gasteiger partial charge in [-0.2, -0.15) is 0 Å². The third-order valence-electron chi connectivity index (χ3n) is 1.52. The Kier molecular flexibility index (Phi) is 5.75. The number of rotatable bonds is 2. The number of nitrogens with two attached hydrogens (primary N) is 1. The molecule has 74 valence electrons. The highest BCUT2D eigenvalue weighted by atomic mass is 127. The van der Waals surface area contributed by atoms with Crippen LogP contribution in [0.2, 0.25) is 0 Å². The summed E-state index contributed by atoms with van der Waals surface area (Å²) in [6, 6.07) is 3.62. The molecule has 0 saturated heterocycles. The normalized spacial score (nSPS) is 12.0. The highest BCUT2D eigenvalue weighted by Crippen LogP contribution is 2.18. The Balaban J connectivity index is 0.00000144. The highest BCUT2D eigenvalue weighted by molar-refractivity contribution is 14.1. The second kappa shape index (κ2) is 5.72. The summed E-state index contributed by atoms with van der Waals surface area (Å²) in [5.74, 6) is -0.444. The van der Waals surface area contributed by atoms with Crippen molar-refractivity contribution in [1.29, 1.82) is 0 Å². The molecule has 0 unspecified atom stereocenters. The quantitative estimate of drug-likeness (QED) is 0.834. The number of benzene rings is 1.